The molecule has 1 atom stereocenters. The lowest BCUT2D eigenvalue weighted by molar-refractivity contribution is 0.266. The number of epoxide rings is 1. The molecule has 0 spiro atoms. The highest BCUT2D eigenvalue weighted by atomic mass is 32.2. The molecule has 1 aromatic carbocycles. The monoisotopic (exact) mass is 232 g/mol. The largest absolute Gasteiger partial charge is 0.371 e. The normalized spacial score (nSPS) is 20.2. The maximum absolute atomic E-state index is 12.5. The van der Waals surface area contributed by atoms with Gasteiger partial charge >= 0.3 is 0 Å². The molecule has 1 unspecified atom stereocenters. The van der Waals surface area contributed by atoms with Crippen LogP contribution in [0.25, 0.3) is 0 Å². The first-order valence-corrected chi connectivity index (χ1v) is 5.75. The molecule has 0 amide bonds. The maximum atomic E-state index is 12.5. The lowest BCUT2D eigenvalue weighted by Gasteiger charge is -2.03. The molecule has 0 N–H and O–H groups in total. The zero-order chi connectivity index (χ0) is 10.9. The lowest BCUT2D eigenvalue weighted by Crippen LogP contribution is -2.10. The van der Waals surface area contributed by atoms with Gasteiger partial charge in [0.25, 0.3) is 10.1 Å². The molecule has 1 aliphatic rings. The van der Waals surface area contributed by atoms with E-state index in [-0.39, 0.29) is 17.6 Å². The summed E-state index contributed by atoms with van der Waals surface area (Å²) in [7, 11) is -3.78. The van der Waals surface area contributed by atoms with Gasteiger partial charge in [0.15, 0.2) is 0 Å². The fourth-order valence-corrected chi connectivity index (χ4v) is 1.94. The van der Waals surface area contributed by atoms with Gasteiger partial charge in [0.05, 0.1) is 18.1 Å². The van der Waals surface area contributed by atoms with Crippen molar-refractivity contribution in [2.24, 2.45) is 0 Å². The molecule has 2 rings (SSSR count). The van der Waals surface area contributed by atoms with Crippen molar-refractivity contribution in [3.8, 4) is 0 Å². The Morgan fingerprint density at radius 2 is 2.00 bits per heavy atom. The van der Waals surface area contributed by atoms with Crippen molar-refractivity contribution in [2.45, 2.75) is 11.0 Å². The van der Waals surface area contributed by atoms with Gasteiger partial charge in [0, 0.05) is 0 Å². The smallest absolute Gasteiger partial charge is 0.297 e. The molecule has 0 bridgehead atoms. The van der Waals surface area contributed by atoms with Gasteiger partial charge in [-0.3, -0.25) is 4.18 Å². The van der Waals surface area contributed by atoms with Crippen LogP contribution in [0.5, 0.6) is 0 Å². The molecule has 4 nitrogen and oxygen atoms in total. The third-order valence-electron chi connectivity index (χ3n) is 1.91. The van der Waals surface area contributed by atoms with E-state index < -0.39 is 15.9 Å². The van der Waals surface area contributed by atoms with Crippen LogP contribution in [0.3, 0.4) is 0 Å². The van der Waals surface area contributed by atoms with Gasteiger partial charge in [0.2, 0.25) is 0 Å². The van der Waals surface area contributed by atoms with Gasteiger partial charge in [-0.1, -0.05) is 0 Å². The Morgan fingerprint density at radius 3 is 2.53 bits per heavy atom. The first-order chi connectivity index (χ1) is 7.08. The summed E-state index contributed by atoms with van der Waals surface area (Å²) in [6, 6.07) is 4.48. The third kappa shape index (κ3) is 2.74. The van der Waals surface area contributed by atoms with E-state index >= 15 is 0 Å². The molecule has 1 aromatic rings. The molecular formula is C9H9FO4S. The molecule has 82 valence electrons. The lowest BCUT2D eigenvalue weighted by atomic mass is 10.4. The van der Waals surface area contributed by atoms with E-state index in [0.29, 0.717) is 6.61 Å². The van der Waals surface area contributed by atoms with E-state index in [1.54, 1.807) is 0 Å². The summed E-state index contributed by atoms with van der Waals surface area (Å²) in [6.45, 7) is 0.540. The van der Waals surface area contributed by atoms with Crippen molar-refractivity contribution in [2.75, 3.05) is 13.2 Å². The second-order valence-corrected chi connectivity index (χ2v) is 4.76. The Bertz CT molecular complexity index is 436. The summed E-state index contributed by atoms with van der Waals surface area (Å²) in [5.74, 6) is -0.487. The van der Waals surface area contributed by atoms with E-state index in [1.165, 1.54) is 12.1 Å². The average Bonchev–Trinajstić information content (AvgIpc) is 2.99. The molecule has 0 aromatic heterocycles. The van der Waals surface area contributed by atoms with Crippen molar-refractivity contribution in [3.63, 3.8) is 0 Å². The maximum Gasteiger partial charge on any atom is 0.297 e. The zero-order valence-corrected chi connectivity index (χ0v) is 8.54. The second-order valence-electron chi connectivity index (χ2n) is 3.15. The van der Waals surface area contributed by atoms with Crippen LogP contribution >= 0.6 is 0 Å². The first-order valence-electron chi connectivity index (χ1n) is 4.34. The number of benzene rings is 1. The third-order valence-corrected chi connectivity index (χ3v) is 3.21. The van der Waals surface area contributed by atoms with E-state index in [2.05, 4.69) is 0 Å². The van der Waals surface area contributed by atoms with Gasteiger partial charge in [0.1, 0.15) is 11.9 Å². The molecular weight excluding hydrogens is 223 g/mol. The van der Waals surface area contributed by atoms with Crippen LogP contribution in [-0.2, 0) is 19.0 Å². The van der Waals surface area contributed by atoms with E-state index in [9.17, 15) is 12.8 Å². The van der Waals surface area contributed by atoms with Crippen molar-refractivity contribution in [1.82, 2.24) is 0 Å². The Kier molecular flexibility index (Phi) is 2.72. The fraction of sp³-hybridized carbons (Fsp3) is 0.333. The molecule has 0 aliphatic carbocycles. The van der Waals surface area contributed by atoms with Gasteiger partial charge in [-0.15, -0.1) is 0 Å². The van der Waals surface area contributed by atoms with Crippen molar-refractivity contribution < 1.29 is 21.7 Å². The van der Waals surface area contributed by atoms with E-state index in [1.807, 2.05) is 0 Å². The molecule has 0 radical (unpaired) electrons. The van der Waals surface area contributed by atoms with Crippen LogP contribution in [0, 0.1) is 5.82 Å². The van der Waals surface area contributed by atoms with Gasteiger partial charge in [-0.25, -0.2) is 4.39 Å². The molecule has 15 heavy (non-hydrogen) atoms. The highest BCUT2D eigenvalue weighted by Gasteiger charge is 2.26. The van der Waals surface area contributed by atoms with Crippen LogP contribution in [0.4, 0.5) is 4.39 Å². The van der Waals surface area contributed by atoms with Gasteiger partial charge in [-0.05, 0) is 24.3 Å². The van der Waals surface area contributed by atoms with E-state index in [4.69, 9.17) is 8.92 Å². The van der Waals surface area contributed by atoms with Crippen molar-refractivity contribution >= 4 is 10.1 Å². The average molecular weight is 232 g/mol. The molecule has 0 saturated carbocycles. The molecule has 6 heteroatoms. The second kappa shape index (κ2) is 3.88. The minimum atomic E-state index is -3.78. The predicted octanol–water partition coefficient (Wildman–Crippen LogP) is 0.930. The molecule has 1 saturated heterocycles. The first kappa shape index (κ1) is 10.5. The highest BCUT2D eigenvalue weighted by molar-refractivity contribution is 7.86. The summed E-state index contributed by atoms with van der Waals surface area (Å²) in [4.78, 5) is -0.0513. The van der Waals surface area contributed by atoms with Crippen LogP contribution in [0.2, 0.25) is 0 Å². The standard InChI is InChI=1S/C9H9FO4S/c10-7-1-3-9(4-2-7)15(11,12)14-6-8-5-13-8/h1-4,8H,5-6H2. The zero-order valence-electron chi connectivity index (χ0n) is 7.72. The SMILES string of the molecule is O=S(=O)(OCC1CO1)c1ccc(F)cc1. The number of hydrogen-bond donors (Lipinski definition) is 0. The summed E-state index contributed by atoms with van der Waals surface area (Å²) in [6.07, 6.45) is -0.125. The molecule has 1 aliphatic heterocycles. The van der Waals surface area contributed by atoms with Crippen LogP contribution in [-0.4, -0.2) is 27.7 Å². The van der Waals surface area contributed by atoms with Crippen LogP contribution in [0.15, 0.2) is 29.2 Å². The molecule has 1 heterocycles. The van der Waals surface area contributed by atoms with Crippen LogP contribution in [0.1, 0.15) is 0 Å². The topological polar surface area (TPSA) is 55.9 Å². The summed E-state index contributed by atoms with van der Waals surface area (Å²) in [5.41, 5.74) is 0. The predicted molar refractivity (Wildman–Crippen MR) is 49.3 cm³/mol. The Hall–Kier alpha value is -0.980. The number of ether oxygens (including phenoxy) is 1. The minimum Gasteiger partial charge on any atom is -0.371 e. The quantitative estimate of drug-likeness (QED) is 0.572. The van der Waals surface area contributed by atoms with Gasteiger partial charge < -0.3 is 4.74 Å². The molecule has 1 fully saturated rings. The summed E-state index contributed by atoms with van der Waals surface area (Å²) in [5, 5.41) is 0. The van der Waals surface area contributed by atoms with Crippen molar-refractivity contribution in [3.05, 3.63) is 30.1 Å². The Balaban J connectivity index is 2.09. The van der Waals surface area contributed by atoms with E-state index in [0.717, 1.165) is 12.1 Å². The number of rotatable bonds is 4. The minimum absolute atomic E-state index is 0.0136. The fourth-order valence-electron chi connectivity index (χ4n) is 0.999. The summed E-state index contributed by atoms with van der Waals surface area (Å²) >= 11 is 0. The van der Waals surface area contributed by atoms with Crippen LogP contribution < -0.4 is 0 Å². The number of hydrogen-bond acceptors (Lipinski definition) is 4. The summed E-state index contributed by atoms with van der Waals surface area (Å²) < 4.78 is 45.0. The Morgan fingerprint density at radius 1 is 1.40 bits per heavy atom. The van der Waals surface area contributed by atoms with Crippen molar-refractivity contribution in [1.29, 1.82) is 0 Å². The number of halogens is 1. The van der Waals surface area contributed by atoms with Gasteiger partial charge in [-0.2, -0.15) is 8.42 Å². The Labute approximate surface area is 86.7 Å². The highest BCUT2D eigenvalue weighted by Crippen LogP contribution is 2.16.